The number of anilines is 1. The molecule has 23 heavy (non-hydrogen) atoms. The van der Waals surface area contributed by atoms with Gasteiger partial charge >= 0.3 is 6.03 Å². The topological polar surface area (TPSA) is 74.0 Å². The molecule has 0 bridgehead atoms. The van der Waals surface area contributed by atoms with Gasteiger partial charge in [-0.25, -0.2) is 4.79 Å². The quantitative estimate of drug-likeness (QED) is 0.695. The highest BCUT2D eigenvalue weighted by Crippen LogP contribution is 2.13. The Hall–Kier alpha value is -3.08. The van der Waals surface area contributed by atoms with Crippen LogP contribution in [0.25, 0.3) is 10.9 Å². The molecule has 0 aliphatic rings. The minimum atomic E-state index is -0.347. The van der Waals surface area contributed by atoms with Crippen LogP contribution in [0.5, 0.6) is 0 Å². The predicted octanol–water partition coefficient (Wildman–Crippen LogP) is 3.16. The second-order valence-electron chi connectivity index (χ2n) is 5.39. The van der Waals surface area contributed by atoms with E-state index in [2.05, 4.69) is 15.6 Å². The predicted molar refractivity (Wildman–Crippen MR) is 91.6 cm³/mol. The van der Waals surface area contributed by atoms with Gasteiger partial charge in [0, 0.05) is 23.3 Å². The highest BCUT2D eigenvalue weighted by atomic mass is 16.2. The average Bonchev–Trinajstić information content (AvgIpc) is 2.54. The molecule has 0 unspecified atom stereocenters. The first-order valence-electron chi connectivity index (χ1n) is 7.34. The molecular formula is C18H17N3O2. The molecule has 3 N–H and O–H groups in total. The Balaban J connectivity index is 1.72. The number of amides is 2. The lowest BCUT2D eigenvalue weighted by Gasteiger charge is -2.08. The smallest absolute Gasteiger partial charge is 0.319 e. The zero-order valence-corrected chi connectivity index (χ0v) is 12.7. The van der Waals surface area contributed by atoms with Crippen molar-refractivity contribution in [2.24, 2.45) is 0 Å². The van der Waals surface area contributed by atoms with E-state index in [0.717, 1.165) is 16.5 Å². The van der Waals surface area contributed by atoms with Crippen LogP contribution < -0.4 is 16.2 Å². The van der Waals surface area contributed by atoms with Crippen molar-refractivity contribution in [1.29, 1.82) is 0 Å². The summed E-state index contributed by atoms with van der Waals surface area (Å²) in [6, 6.07) is 16.4. The van der Waals surface area contributed by atoms with Crippen LogP contribution >= 0.6 is 0 Å². The van der Waals surface area contributed by atoms with Crippen LogP contribution in [0.2, 0.25) is 0 Å². The van der Waals surface area contributed by atoms with Crippen LogP contribution in [0.1, 0.15) is 11.1 Å². The maximum absolute atomic E-state index is 12.1. The second kappa shape index (κ2) is 6.36. The van der Waals surface area contributed by atoms with E-state index in [1.165, 1.54) is 0 Å². The van der Waals surface area contributed by atoms with Gasteiger partial charge < -0.3 is 15.6 Å². The summed E-state index contributed by atoms with van der Waals surface area (Å²) < 4.78 is 0. The molecule has 0 aliphatic heterocycles. The Morgan fingerprint density at radius 1 is 1.09 bits per heavy atom. The van der Waals surface area contributed by atoms with Crippen molar-refractivity contribution < 1.29 is 4.79 Å². The lowest BCUT2D eigenvalue weighted by Crippen LogP contribution is -2.30. The molecule has 0 aliphatic carbocycles. The molecule has 116 valence electrons. The fourth-order valence-corrected chi connectivity index (χ4v) is 2.37. The number of H-pyrrole nitrogens is 1. The van der Waals surface area contributed by atoms with Crippen molar-refractivity contribution in [3.63, 3.8) is 0 Å². The van der Waals surface area contributed by atoms with E-state index < -0.39 is 0 Å². The molecule has 1 heterocycles. The maximum atomic E-state index is 12.1. The molecule has 3 aromatic rings. The monoisotopic (exact) mass is 307 g/mol. The van der Waals surface area contributed by atoms with Crippen LogP contribution in [-0.4, -0.2) is 11.0 Å². The van der Waals surface area contributed by atoms with Crippen LogP contribution in [0.4, 0.5) is 10.5 Å². The Bertz CT molecular complexity index is 901. The largest absolute Gasteiger partial charge is 0.334 e. The van der Waals surface area contributed by atoms with Gasteiger partial charge in [-0.1, -0.05) is 29.8 Å². The zero-order valence-electron chi connectivity index (χ0n) is 12.7. The maximum Gasteiger partial charge on any atom is 0.319 e. The minimum Gasteiger partial charge on any atom is -0.334 e. The van der Waals surface area contributed by atoms with Crippen molar-refractivity contribution in [3.05, 3.63) is 76.1 Å². The lowest BCUT2D eigenvalue weighted by atomic mass is 10.1. The number of carbonyl (C=O) groups excluding carboxylic acids is 1. The summed E-state index contributed by atoms with van der Waals surface area (Å²) in [5, 5.41) is 6.36. The zero-order chi connectivity index (χ0) is 16.2. The second-order valence-corrected chi connectivity index (χ2v) is 5.39. The van der Waals surface area contributed by atoms with Crippen LogP contribution in [0, 0.1) is 6.92 Å². The van der Waals surface area contributed by atoms with Crippen molar-refractivity contribution >= 4 is 22.6 Å². The Kier molecular flexibility index (Phi) is 4.10. The molecule has 0 atom stereocenters. The van der Waals surface area contributed by atoms with Gasteiger partial charge in [0.1, 0.15) is 0 Å². The summed E-state index contributed by atoms with van der Waals surface area (Å²) in [6.45, 7) is 2.16. The van der Waals surface area contributed by atoms with Crippen molar-refractivity contribution in [2.75, 3.05) is 5.32 Å². The number of aryl methyl sites for hydroxylation is 1. The van der Waals surface area contributed by atoms with E-state index >= 15 is 0 Å². The van der Waals surface area contributed by atoms with E-state index in [-0.39, 0.29) is 18.1 Å². The number of hydrogen-bond donors (Lipinski definition) is 3. The number of urea groups is 1. The number of aromatic amines is 1. The summed E-state index contributed by atoms with van der Waals surface area (Å²) in [6.07, 6.45) is 0. The van der Waals surface area contributed by atoms with Crippen molar-refractivity contribution in [3.8, 4) is 0 Å². The minimum absolute atomic E-state index is 0.165. The normalized spacial score (nSPS) is 10.5. The van der Waals surface area contributed by atoms with Gasteiger partial charge in [-0.05, 0) is 42.6 Å². The number of fused-ring (bicyclic) bond motifs is 1. The van der Waals surface area contributed by atoms with E-state index in [4.69, 9.17) is 0 Å². The third-order valence-corrected chi connectivity index (χ3v) is 3.55. The first-order valence-corrected chi connectivity index (χ1v) is 7.34. The molecule has 0 radical (unpaired) electrons. The summed E-state index contributed by atoms with van der Waals surface area (Å²) in [4.78, 5) is 26.8. The Morgan fingerprint density at radius 2 is 1.87 bits per heavy atom. The average molecular weight is 307 g/mol. The number of para-hydroxylation sites is 1. The molecule has 1 aromatic heterocycles. The Morgan fingerprint density at radius 3 is 2.65 bits per heavy atom. The van der Waals surface area contributed by atoms with Gasteiger partial charge in [-0.3, -0.25) is 4.79 Å². The SMILES string of the molecule is Cc1ccc2[nH]c(=O)c(CNC(=O)Nc3ccccc3)cc2c1. The van der Waals surface area contributed by atoms with Crippen LogP contribution in [0.15, 0.2) is 59.4 Å². The highest BCUT2D eigenvalue weighted by Gasteiger charge is 2.06. The number of aromatic nitrogens is 1. The summed E-state index contributed by atoms with van der Waals surface area (Å²) >= 11 is 0. The summed E-state index contributed by atoms with van der Waals surface area (Å²) in [5.41, 5.74) is 2.93. The van der Waals surface area contributed by atoms with Crippen LogP contribution in [-0.2, 0) is 6.54 Å². The molecule has 5 heteroatoms. The number of hydrogen-bond acceptors (Lipinski definition) is 2. The molecule has 2 aromatic carbocycles. The molecule has 2 amide bonds. The standard InChI is InChI=1S/C18H17N3O2/c1-12-7-8-16-13(9-12)10-14(17(22)21-16)11-19-18(23)20-15-5-3-2-4-6-15/h2-10H,11H2,1H3,(H,21,22)(H2,19,20,23). The van der Waals surface area contributed by atoms with Gasteiger partial charge in [-0.15, -0.1) is 0 Å². The third kappa shape index (κ3) is 3.58. The third-order valence-electron chi connectivity index (χ3n) is 3.55. The van der Waals surface area contributed by atoms with Crippen molar-refractivity contribution in [2.45, 2.75) is 13.5 Å². The van der Waals surface area contributed by atoms with Crippen LogP contribution in [0.3, 0.4) is 0 Å². The number of nitrogens with one attached hydrogen (secondary N) is 3. The molecule has 5 nitrogen and oxygen atoms in total. The fourth-order valence-electron chi connectivity index (χ4n) is 2.37. The number of rotatable bonds is 3. The Labute approximate surface area is 133 Å². The van der Waals surface area contributed by atoms with Gasteiger partial charge in [0.05, 0.1) is 0 Å². The van der Waals surface area contributed by atoms with E-state index in [1.54, 1.807) is 12.1 Å². The number of benzene rings is 2. The first-order chi connectivity index (χ1) is 11.1. The van der Waals surface area contributed by atoms with Gasteiger partial charge in [0.15, 0.2) is 0 Å². The first kappa shape index (κ1) is 14.8. The van der Waals surface area contributed by atoms with Crippen molar-refractivity contribution in [1.82, 2.24) is 10.3 Å². The molecule has 0 saturated heterocycles. The lowest BCUT2D eigenvalue weighted by molar-refractivity contribution is 0.251. The van der Waals surface area contributed by atoms with Gasteiger partial charge in [0.25, 0.3) is 5.56 Å². The molecule has 3 rings (SSSR count). The van der Waals surface area contributed by atoms with E-state index in [9.17, 15) is 9.59 Å². The van der Waals surface area contributed by atoms with Gasteiger partial charge in [0.2, 0.25) is 0 Å². The van der Waals surface area contributed by atoms with E-state index in [1.807, 2.05) is 49.4 Å². The fraction of sp³-hybridized carbons (Fsp3) is 0.111. The molecule has 0 spiro atoms. The number of pyridine rings is 1. The summed E-state index contributed by atoms with van der Waals surface area (Å²) in [7, 11) is 0. The van der Waals surface area contributed by atoms with E-state index in [0.29, 0.717) is 11.3 Å². The number of carbonyl (C=O) groups is 1. The van der Waals surface area contributed by atoms with Gasteiger partial charge in [-0.2, -0.15) is 0 Å². The molecule has 0 saturated carbocycles. The highest BCUT2D eigenvalue weighted by molar-refractivity contribution is 5.89. The molecular weight excluding hydrogens is 290 g/mol. The summed E-state index contributed by atoms with van der Waals surface area (Å²) in [5.74, 6) is 0. The molecule has 0 fully saturated rings.